The number of hydrogen-bond acceptors (Lipinski definition) is 4. The molecule has 1 aliphatic heterocycles. The summed E-state index contributed by atoms with van der Waals surface area (Å²) in [5.74, 6) is -0.813. The summed E-state index contributed by atoms with van der Waals surface area (Å²) >= 11 is 1.31. The fraction of sp³-hybridized carbons (Fsp3) is 0.700. The van der Waals surface area contributed by atoms with E-state index in [1.807, 2.05) is 6.92 Å². The van der Waals surface area contributed by atoms with E-state index >= 15 is 0 Å². The summed E-state index contributed by atoms with van der Waals surface area (Å²) in [5.41, 5.74) is 0. The zero-order valence-electron chi connectivity index (χ0n) is 9.14. The Morgan fingerprint density at radius 1 is 1.44 bits per heavy atom. The summed E-state index contributed by atoms with van der Waals surface area (Å²) < 4.78 is 0. The first-order valence-corrected chi connectivity index (χ1v) is 6.32. The van der Waals surface area contributed by atoms with E-state index in [1.54, 1.807) is 0 Å². The Labute approximate surface area is 98.2 Å². The standard InChI is InChI=1S/C10H15NO4S/c1-2-7(3-10(14)15)4-11-8(12)5-16-6-9(11)13/h7H,2-6H2,1H3,(H,14,15). The zero-order chi connectivity index (χ0) is 12.1. The molecule has 1 aliphatic rings. The fourth-order valence-electron chi connectivity index (χ4n) is 1.57. The third-order valence-electron chi connectivity index (χ3n) is 2.53. The van der Waals surface area contributed by atoms with E-state index in [2.05, 4.69) is 0 Å². The highest BCUT2D eigenvalue weighted by Gasteiger charge is 2.28. The highest BCUT2D eigenvalue weighted by Crippen LogP contribution is 2.17. The molecule has 6 heteroatoms. The van der Waals surface area contributed by atoms with Crippen molar-refractivity contribution in [2.75, 3.05) is 18.1 Å². The molecule has 0 spiro atoms. The van der Waals surface area contributed by atoms with Crippen molar-refractivity contribution in [3.63, 3.8) is 0 Å². The number of rotatable bonds is 5. The van der Waals surface area contributed by atoms with Crippen LogP contribution in [0.1, 0.15) is 19.8 Å². The van der Waals surface area contributed by atoms with Crippen molar-refractivity contribution >= 4 is 29.5 Å². The van der Waals surface area contributed by atoms with E-state index in [0.29, 0.717) is 17.9 Å². The molecule has 5 nitrogen and oxygen atoms in total. The lowest BCUT2D eigenvalue weighted by Crippen LogP contribution is -2.45. The maximum Gasteiger partial charge on any atom is 0.303 e. The number of carboxylic acid groups (broad SMARTS) is 1. The van der Waals surface area contributed by atoms with Crippen molar-refractivity contribution in [1.82, 2.24) is 4.90 Å². The van der Waals surface area contributed by atoms with Crippen LogP contribution in [-0.4, -0.2) is 45.8 Å². The Morgan fingerprint density at radius 3 is 2.44 bits per heavy atom. The van der Waals surface area contributed by atoms with Crippen LogP contribution < -0.4 is 0 Å². The van der Waals surface area contributed by atoms with Gasteiger partial charge in [0.05, 0.1) is 11.5 Å². The SMILES string of the molecule is CCC(CC(=O)O)CN1C(=O)CSCC1=O. The molecule has 1 atom stereocenters. The van der Waals surface area contributed by atoms with Crippen molar-refractivity contribution in [2.24, 2.45) is 5.92 Å². The van der Waals surface area contributed by atoms with Gasteiger partial charge in [-0.3, -0.25) is 19.3 Å². The average molecular weight is 245 g/mol. The van der Waals surface area contributed by atoms with Gasteiger partial charge in [0.25, 0.3) is 0 Å². The number of aliphatic carboxylic acids is 1. The van der Waals surface area contributed by atoms with Crippen LogP contribution in [0, 0.1) is 5.92 Å². The van der Waals surface area contributed by atoms with Crippen molar-refractivity contribution in [2.45, 2.75) is 19.8 Å². The third-order valence-corrected chi connectivity index (χ3v) is 3.44. The molecule has 0 aromatic heterocycles. The number of carbonyl (C=O) groups excluding carboxylic acids is 2. The van der Waals surface area contributed by atoms with Gasteiger partial charge in [-0.05, 0) is 5.92 Å². The molecular weight excluding hydrogens is 230 g/mol. The molecular formula is C10H15NO4S. The van der Waals surface area contributed by atoms with Crippen molar-refractivity contribution in [3.8, 4) is 0 Å². The molecule has 1 fully saturated rings. The van der Waals surface area contributed by atoms with Crippen LogP contribution in [0.15, 0.2) is 0 Å². The van der Waals surface area contributed by atoms with Gasteiger partial charge in [0.1, 0.15) is 0 Å². The molecule has 1 N–H and O–H groups in total. The minimum atomic E-state index is -0.891. The van der Waals surface area contributed by atoms with Crippen LogP contribution in [0.25, 0.3) is 0 Å². The smallest absolute Gasteiger partial charge is 0.303 e. The first kappa shape index (κ1) is 13.0. The lowest BCUT2D eigenvalue weighted by Gasteiger charge is -2.27. The lowest BCUT2D eigenvalue weighted by molar-refractivity contribution is -0.145. The number of thioether (sulfide) groups is 1. The van der Waals surface area contributed by atoms with Gasteiger partial charge in [0, 0.05) is 13.0 Å². The van der Waals surface area contributed by atoms with Gasteiger partial charge in [0.2, 0.25) is 11.8 Å². The van der Waals surface area contributed by atoms with E-state index in [-0.39, 0.29) is 30.7 Å². The van der Waals surface area contributed by atoms with Crippen LogP contribution in [0.2, 0.25) is 0 Å². The Kier molecular flexibility index (Phi) is 4.79. The van der Waals surface area contributed by atoms with Gasteiger partial charge in [-0.15, -0.1) is 11.8 Å². The van der Waals surface area contributed by atoms with Crippen molar-refractivity contribution in [3.05, 3.63) is 0 Å². The number of carboxylic acids is 1. The molecule has 1 unspecified atom stereocenters. The van der Waals surface area contributed by atoms with Gasteiger partial charge in [0.15, 0.2) is 0 Å². The number of nitrogens with zero attached hydrogens (tertiary/aromatic N) is 1. The van der Waals surface area contributed by atoms with E-state index in [1.165, 1.54) is 16.7 Å². The Morgan fingerprint density at radius 2 is 2.00 bits per heavy atom. The molecule has 0 aliphatic carbocycles. The molecule has 1 saturated heterocycles. The third kappa shape index (κ3) is 3.52. The lowest BCUT2D eigenvalue weighted by atomic mass is 10.0. The van der Waals surface area contributed by atoms with Crippen LogP contribution >= 0.6 is 11.8 Å². The van der Waals surface area contributed by atoms with Gasteiger partial charge in [-0.25, -0.2) is 0 Å². The molecule has 0 aromatic carbocycles. The summed E-state index contributed by atoms with van der Waals surface area (Å²) in [4.78, 5) is 34.7. The Hall–Kier alpha value is -1.04. The molecule has 0 saturated carbocycles. The second-order valence-electron chi connectivity index (χ2n) is 3.76. The molecule has 2 amide bonds. The number of carbonyl (C=O) groups is 3. The molecule has 0 aromatic rings. The highest BCUT2D eigenvalue weighted by molar-refractivity contribution is 8.00. The van der Waals surface area contributed by atoms with Crippen LogP contribution in [0.5, 0.6) is 0 Å². The Balaban J connectivity index is 2.58. The minimum Gasteiger partial charge on any atom is -0.481 e. The van der Waals surface area contributed by atoms with Crippen LogP contribution in [0.3, 0.4) is 0 Å². The van der Waals surface area contributed by atoms with Gasteiger partial charge < -0.3 is 5.11 Å². The Bertz CT molecular complexity index is 289. The second kappa shape index (κ2) is 5.89. The summed E-state index contributed by atoms with van der Waals surface area (Å²) in [6, 6.07) is 0. The van der Waals surface area contributed by atoms with E-state index in [4.69, 9.17) is 5.11 Å². The van der Waals surface area contributed by atoms with Crippen LogP contribution in [0.4, 0.5) is 0 Å². The van der Waals surface area contributed by atoms with Gasteiger partial charge in [-0.1, -0.05) is 13.3 Å². The normalized spacial score (nSPS) is 18.7. The molecule has 1 heterocycles. The summed E-state index contributed by atoms with van der Waals surface area (Å²) in [6.45, 7) is 2.10. The van der Waals surface area contributed by atoms with E-state index < -0.39 is 5.97 Å². The zero-order valence-corrected chi connectivity index (χ0v) is 9.96. The topological polar surface area (TPSA) is 74.7 Å². The first-order chi connectivity index (χ1) is 7.54. The van der Waals surface area contributed by atoms with Crippen molar-refractivity contribution < 1.29 is 19.5 Å². The number of imide groups is 1. The van der Waals surface area contributed by atoms with E-state index in [0.717, 1.165) is 0 Å². The molecule has 90 valence electrons. The largest absolute Gasteiger partial charge is 0.481 e. The maximum absolute atomic E-state index is 11.5. The fourth-order valence-corrected chi connectivity index (χ4v) is 2.33. The predicted octanol–water partition coefficient (Wildman–Crippen LogP) is 0.589. The molecule has 1 rings (SSSR count). The summed E-state index contributed by atoms with van der Waals surface area (Å²) in [6.07, 6.45) is 0.650. The monoisotopic (exact) mass is 245 g/mol. The van der Waals surface area contributed by atoms with Crippen LogP contribution in [-0.2, 0) is 14.4 Å². The quantitative estimate of drug-likeness (QED) is 0.717. The second-order valence-corrected chi connectivity index (χ2v) is 4.75. The minimum absolute atomic E-state index is 0.000697. The number of hydrogen-bond donors (Lipinski definition) is 1. The highest BCUT2D eigenvalue weighted by atomic mass is 32.2. The average Bonchev–Trinajstić information content (AvgIpc) is 2.21. The molecule has 16 heavy (non-hydrogen) atoms. The predicted molar refractivity (Wildman–Crippen MR) is 60.1 cm³/mol. The summed E-state index contributed by atoms with van der Waals surface area (Å²) in [5, 5.41) is 8.68. The summed E-state index contributed by atoms with van der Waals surface area (Å²) in [7, 11) is 0. The van der Waals surface area contributed by atoms with E-state index in [9.17, 15) is 14.4 Å². The van der Waals surface area contributed by atoms with Crippen molar-refractivity contribution in [1.29, 1.82) is 0 Å². The maximum atomic E-state index is 11.5. The molecule has 0 bridgehead atoms. The molecule has 0 radical (unpaired) electrons. The number of amides is 2. The first-order valence-electron chi connectivity index (χ1n) is 5.17. The van der Waals surface area contributed by atoms with Gasteiger partial charge in [-0.2, -0.15) is 0 Å². The van der Waals surface area contributed by atoms with Gasteiger partial charge >= 0.3 is 5.97 Å².